The monoisotopic (exact) mass is 229 g/mol. The lowest BCUT2D eigenvalue weighted by Crippen LogP contribution is -2.35. The number of thioether (sulfide) groups is 1. The Morgan fingerprint density at radius 1 is 1.20 bits per heavy atom. The molecular weight excluding hydrogens is 202 g/mol. The molecule has 1 atom stereocenters. The molecule has 0 heterocycles. The Balaban J connectivity index is 1.99. The van der Waals surface area contributed by atoms with Crippen LogP contribution in [0.3, 0.4) is 0 Å². The third-order valence-electron chi connectivity index (χ3n) is 3.60. The summed E-state index contributed by atoms with van der Waals surface area (Å²) < 4.78 is 0. The van der Waals surface area contributed by atoms with E-state index < -0.39 is 0 Å². The molecule has 1 aliphatic carbocycles. The molecule has 90 valence electrons. The number of nitrogens with one attached hydrogen (secondary N) is 1. The van der Waals surface area contributed by atoms with Gasteiger partial charge in [0.15, 0.2) is 0 Å². The second-order valence-electron chi connectivity index (χ2n) is 4.84. The van der Waals surface area contributed by atoms with Crippen molar-refractivity contribution in [3.8, 4) is 0 Å². The first-order chi connectivity index (χ1) is 7.34. The molecule has 1 saturated carbocycles. The van der Waals surface area contributed by atoms with Crippen LogP contribution in [0.4, 0.5) is 0 Å². The molecular formula is C13H27NS. The van der Waals surface area contributed by atoms with E-state index >= 15 is 0 Å². The predicted molar refractivity (Wildman–Crippen MR) is 71.7 cm³/mol. The quantitative estimate of drug-likeness (QED) is 0.668. The molecule has 0 saturated heterocycles. The Morgan fingerprint density at radius 2 is 1.93 bits per heavy atom. The molecule has 15 heavy (non-hydrogen) atoms. The van der Waals surface area contributed by atoms with Gasteiger partial charge in [-0.05, 0) is 57.1 Å². The minimum atomic E-state index is 0.750. The van der Waals surface area contributed by atoms with Crippen LogP contribution in [0.2, 0.25) is 0 Å². The number of rotatable bonds is 7. The molecule has 1 unspecified atom stereocenters. The van der Waals surface area contributed by atoms with Crippen LogP contribution in [0.1, 0.15) is 51.9 Å². The average molecular weight is 229 g/mol. The topological polar surface area (TPSA) is 12.0 Å². The summed E-state index contributed by atoms with van der Waals surface area (Å²) >= 11 is 1.96. The fraction of sp³-hybridized carbons (Fsp3) is 1.00. The maximum atomic E-state index is 3.70. The maximum absolute atomic E-state index is 3.70. The molecule has 1 rings (SSSR count). The van der Waals surface area contributed by atoms with Crippen LogP contribution in [0.5, 0.6) is 0 Å². The molecule has 0 spiro atoms. The molecule has 0 amide bonds. The van der Waals surface area contributed by atoms with Crippen molar-refractivity contribution in [1.29, 1.82) is 0 Å². The summed E-state index contributed by atoms with van der Waals surface area (Å²) in [6.45, 7) is 3.60. The molecule has 1 N–H and O–H groups in total. The Labute approximate surface area is 99.8 Å². The van der Waals surface area contributed by atoms with E-state index in [1.54, 1.807) is 0 Å². The fourth-order valence-corrected chi connectivity index (χ4v) is 2.99. The highest BCUT2D eigenvalue weighted by atomic mass is 32.2. The van der Waals surface area contributed by atoms with E-state index in [1.807, 2.05) is 11.8 Å². The number of unbranched alkanes of at least 4 members (excludes halogenated alkanes) is 1. The predicted octanol–water partition coefficient (Wildman–Crippen LogP) is 3.69. The minimum absolute atomic E-state index is 0.750. The number of hydrogen-bond acceptors (Lipinski definition) is 2. The van der Waals surface area contributed by atoms with Gasteiger partial charge in [0.1, 0.15) is 0 Å². The zero-order chi connectivity index (χ0) is 10.9. The fourth-order valence-electron chi connectivity index (χ4n) is 2.50. The third kappa shape index (κ3) is 5.82. The summed E-state index contributed by atoms with van der Waals surface area (Å²) in [5.74, 6) is 2.28. The van der Waals surface area contributed by atoms with Gasteiger partial charge < -0.3 is 5.32 Å². The van der Waals surface area contributed by atoms with Crippen molar-refractivity contribution in [2.45, 2.75) is 57.9 Å². The maximum Gasteiger partial charge on any atom is 0.00669 e. The van der Waals surface area contributed by atoms with Crippen molar-refractivity contribution < 1.29 is 0 Å². The minimum Gasteiger partial charge on any atom is -0.314 e. The van der Waals surface area contributed by atoms with Crippen LogP contribution >= 0.6 is 11.8 Å². The van der Waals surface area contributed by atoms with Gasteiger partial charge in [-0.1, -0.05) is 19.3 Å². The molecule has 1 nitrogen and oxygen atoms in total. The van der Waals surface area contributed by atoms with Crippen LogP contribution < -0.4 is 5.32 Å². The van der Waals surface area contributed by atoms with Crippen LogP contribution in [0.15, 0.2) is 0 Å². The van der Waals surface area contributed by atoms with Gasteiger partial charge in [-0.25, -0.2) is 0 Å². The zero-order valence-corrected chi connectivity index (χ0v) is 11.2. The Bertz CT molecular complexity index is 143. The SMILES string of the molecule is CSCCCCNC(C)C1CCCCC1. The molecule has 0 aromatic carbocycles. The molecule has 0 bridgehead atoms. The van der Waals surface area contributed by atoms with Crippen LogP contribution in [-0.4, -0.2) is 24.6 Å². The highest BCUT2D eigenvalue weighted by Crippen LogP contribution is 2.26. The summed E-state index contributed by atoms with van der Waals surface area (Å²) in [4.78, 5) is 0. The van der Waals surface area contributed by atoms with Crippen molar-refractivity contribution >= 4 is 11.8 Å². The highest BCUT2D eigenvalue weighted by molar-refractivity contribution is 7.98. The Kier molecular flexibility index (Phi) is 7.54. The Hall–Kier alpha value is 0.310. The summed E-state index contributed by atoms with van der Waals surface area (Å²) in [6.07, 6.45) is 12.2. The highest BCUT2D eigenvalue weighted by Gasteiger charge is 2.18. The van der Waals surface area contributed by atoms with Gasteiger partial charge in [-0.2, -0.15) is 11.8 Å². The van der Waals surface area contributed by atoms with Gasteiger partial charge in [-0.15, -0.1) is 0 Å². The summed E-state index contributed by atoms with van der Waals surface area (Å²) in [6, 6.07) is 0.750. The van der Waals surface area contributed by atoms with E-state index in [2.05, 4.69) is 18.5 Å². The standard InChI is InChI=1S/C13H27NS/c1-12(13-8-4-3-5-9-13)14-10-6-7-11-15-2/h12-14H,3-11H2,1-2H3. The van der Waals surface area contributed by atoms with E-state index in [9.17, 15) is 0 Å². The van der Waals surface area contributed by atoms with E-state index in [0.717, 1.165) is 12.0 Å². The van der Waals surface area contributed by atoms with Crippen LogP contribution in [0.25, 0.3) is 0 Å². The van der Waals surface area contributed by atoms with E-state index in [1.165, 1.54) is 57.2 Å². The van der Waals surface area contributed by atoms with E-state index in [4.69, 9.17) is 0 Å². The lowest BCUT2D eigenvalue weighted by Gasteiger charge is -2.28. The van der Waals surface area contributed by atoms with E-state index in [-0.39, 0.29) is 0 Å². The lowest BCUT2D eigenvalue weighted by atomic mass is 9.84. The first-order valence-electron chi connectivity index (χ1n) is 6.57. The third-order valence-corrected chi connectivity index (χ3v) is 4.30. The number of hydrogen-bond donors (Lipinski definition) is 1. The Morgan fingerprint density at radius 3 is 2.60 bits per heavy atom. The molecule has 1 aliphatic rings. The zero-order valence-electron chi connectivity index (χ0n) is 10.4. The molecule has 0 aromatic heterocycles. The van der Waals surface area contributed by atoms with Gasteiger partial charge in [0, 0.05) is 6.04 Å². The summed E-state index contributed by atoms with van der Waals surface area (Å²) in [7, 11) is 0. The van der Waals surface area contributed by atoms with Crippen molar-refractivity contribution in [1.82, 2.24) is 5.32 Å². The summed E-state index contributed by atoms with van der Waals surface area (Å²) in [5, 5.41) is 3.70. The van der Waals surface area contributed by atoms with Gasteiger partial charge in [0.25, 0.3) is 0 Å². The normalized spacial score (nSPS) is 20.4. The smallest absolute Gasteiger partial charge is 0.00669 e. The molecule has 0 aliphatic heterocycles. The first-order valence-corrected chi connectivity index (χ1v) is 7.96. The van der Waals surface area contributed by atoms with E-state index in [0.29, 0.717) is 0 Å². The van der Waals surface area contributed by atoms with Crippen molar-refractivity contribution in [3.05, 3.63) is 0 Å². The summed E-state index contributed by atoms with van der Waals surface area (Å²) in [5.41, 5.74) is 0. The largest absolute Gasteiger partial charge is 0.314 e. The van der Waals surface area contributed by atoms with Crippen molar-refractivity contribution in [2.24, 2.45) is 5.92 Å². The van der Waals surface area contributed by atoms with Crippen molar-refractivity contribution in [3.63, 3.8) is 0 Å². The molecule has 0 radical (unpaired) electrons. The molecule has 2 heteroatoms. The first kappa shape index (κ1) is 13.4. The molecule has 0 aromatic rings. The second kappa shape index (κ2) is 8.46. The average Bonchev–Trinajstić information content (AvgIpc) is 2.30. The van der Waals surface area contributed by atoms with Gasteiger partial charge in [-0.3, -0.25) is 0 Å². The second-order valence-corrected chi connectivity index (χ2v) is 5.83. The van der Waals surface area contributed by atoms with Gasteiger partial charge in [0.05, 0.1) is 0 Å². The van der Waals surface area contributed by atoms with Crippen LogP contribution in [-0.2, 0) is 0 Å². The lowest BCUT2D eigenvalue weighted by molar-refractivity contribution is 0.281. The molecule has 1 fully saturated rings. The van der Waals surface area contributed by atoms with Crippen LogP contribution in [0, 0.1) is 5.92 Å². The van der Waals surface area contributed by atoms with Crippen molar-refractivity contribution in [2.75, 3.05) is 18.6 Å². The van der Waals surface area contributed by atoms with Gasteiger partial charge in [0.2, 0.25) is 0 Å². The van der Waals surface area contributed by atoms with Gasteiger partial charge >= 0.3 is 0 Å².